The Hall–Kier alpha value is -1.69. The normalized spacial score (nSPS) is 10.6. The molecule has 0 radical (unpaired) electrons. The summed E-state index contributed by atoms with van der Waals surface area (Å²) < 4.78 is 1.85. The first-order valence-electron chi connectivity index (χ1n) is 3.90. The lowest BCUT2D eigenvalue weighted by Gasteiger charge is -1.93. The molecule has 0 atom stereocenters. The fraction of sp³-hybridized carbons (Fsp3) is 0.286. The molecule has 0 saturated heterocycles. The van der Waals surface area contributed by atoms with E-state index in [-0.39, 0.29) is 0 Å². The van der Waals surface area contributed by atoms with Crippen LogP contribution in [0.5, 0.6) is 0 Å². The molecule has 6 heteroatoms. The van der Waals surface area contributed by atoms with Gasteiger partial charge in [-0.25, -0.2) is 9.97 Å². The maximum absolute atomic E-state index is 5.39. The number of aryl methyl sites for hydroxylation is 1. The van der Waals surface area contributed by atoms with Gasteiger partial charge in [0.1, 0.15) is 5.82 Å². The first-order valence-corrected chi connectivity index (χ1v) is 3.90. The monoisotopic (exact) mass is 178 g/mol. The molecule has 2 rings (SSSR count). The summed E-state index contributed by atoms with van der Waals surface area (Å²) in [5.74, 6) is 1.97. The smallest absolute Gasteiger partial charge is 0.217 e. The Kier molecular flexibility index (Phi) is 1.82. The standard InChI is InChI=1S/C7H10N6/c1-13-3-2-9-7(13)6-10-5(4-8)11-12-6/h2-3H,4,8H2,1H3,(H,10,11,12). The molecule has 68 valence electrons. The van der Waals surface area contributed by atoms with E-state index in [0.29, 0.717) is 18.2 Å². The van der Waals surface area contributed by atoms with Gasteiger partial charge in [0.15, 0.2) is 5.82 Å². The number of nitrogens with one attached hydrogen (secondary N) is 1. The summed E-state index contributed by atoms with van der Waals surface area (Å²) in [7, 11) is 1.89. The zero-order valence-electron chi connectivity index (χ0n) is 7.23. The van der Waals surface area contributed by atoms with Crippen molar-refractivity contribution in [1.29, 1.82) is 0 Å². The average Bonchev–Trinajstić information content (AvgIpc) is 2.71. The zero-order chi connectivity index (χ0) is 9.26. The van der Waals surface area contributed by atoms with Crippen molar-refractivity contribution in [3.05, 3.63) is 18.2 Å². The molecule has 2 heterocycles. The third-order valence-corrected chi connectivity index (χ3v) is 1.75. The van der Waals surface area contributed by atoms with Crippen LogP contribution in [-0.4, -0.2) is 24.7 Å². The van der Waals surface area contributed by atoms with Gasteiger partial charge in [0, 0.05) is 19.4 Å². The van der Waals surface area contributed by atoms with Gasteiger partial charge in [-0.1, -0.05) is 0 Å². The van der Waals surface area contributed by atoms with Gasteiger partial charge in [-0.15, -0.1) is 0 Å². The summed E-state index contributed by atoms with van der Waals surface area (Å²) in [6.07, 6.45) is 3.54. The molecule has 6 nitrogen and oxygen atoms in total. The first kappa shape index (κ1) is 7.93. The van der Waals surface area contributed by atoms with Crippen LogP contribution in [0.1, 0.15) is 5.82 Å². The van der Waals surface area contributed by atoms with E-state index in [1.165, 1.54) is 0 Å². The van der Waals surface area contributed by atoms with Crippen molar-refractivity contribution in [2.45, 2.75) is 6.54 Å². The Labute approximate surface area is 74.8 Å². The Morgan fingerprint density at radius 1 is 1.62 bits per heavy atom. The fourth-order valence-corrected chi connectivity index (χ4v) is 1.07. The van der Waals surface area contributed by atoms with Crippen LogP contribution in [-0.2, 0) is 13.6 Å². The number of nitrogens with zero attached hydrogens (tertiary/aromatic N) is 4. The minimum atomic E-state index is 0.359. The number of aromatic nitrogens is 5. The van der Waals surface area contributed by atoms with E-state index >= 15 is 0 Å². The lowest BCUT2D eigenvalue weighted by molar-refractivity contribution is 0.907. The van der Waals surface area contributed by atoms with Crippen LogP contribution in [0, 0.1) is 0 Å². The Morgan fingerprint density at radius 2 is 2.46 bits per heavy atom. The van der Waals surface area contributed by atoms with Gasteiger partial charge in [-0.2, -0.15) is 5.10 Å². The highest BCUT2D eigenvalue weighted by molar-refractivity contribution is 5.42. The minimum absolute atomic E-state index is 0.359. The van der Waals surface area contributed by atoms with Gasteiger partial charge in [0.2, 0.25) is 5.82 Å². The van der Waals surface area contributed by atoms with Crippen molar-refractivity contribution in [2.75, 3.05) is 0 Å². The SMILES string of the molecule is Cn1ccnc1-c1n[nH]c(CN)n1. The third-order valence-electron chi connectivity index (χ3n) is 1.75. The number of hydrogen-bond donors (Lipinski definition) is 2. The van der Waals surface area contributed by atoms with Gasteiger partial charge in [0.05, 0.1) is 6.54 Å². The lowest BCUT2D eigenvalue weighted by Crippen LogP contribution is -1.98. The van der Waals surface area contributed by atoms with Crippen LogP contribution < -0.4 is 5.73 Å². The van der Waals surface area contributed by atoms with Crippen molar-refractivity contribution >= 4 is 0 Å². The number of nitrogens with two attached hydrogens (primary N) is 1. The van der Waals surface area contributed by atoms with Gasteiger partial charge in [0.25, 0.3) is 0 Å². The van der Waals surface area contributed by atoms with Crippen molar-refractivity contribution in [1.82, 2.24) is 24.7 Å². The summed E-state index contributed by atoms with van der Waals surface area (Å²) in [5.41, 5.74) is 5.39. The zero-order valence-corrected chi connectivity index (χ0v) is 7.23. The molecule has 0 unspecified atom stereocenters. The van der Waals surface area contributed by atoms with E-state index in [1.807, 2.05) is 17.8 Å². The van der Waals surface area contributed by atoms with E-state index in [2.05, 4.69) is 20.2 Å². The lowest BCUT2D eigenvalue weighted by atomic mass is 10.5. The van der Waals surface area contributed by atoms with E-state index in [0.717, 1.165) is 5.82 Å². The number of H-pyrrole nitrogens is 1. The van der Waals surface area contributed by atoms with E-state index in [4.69, 9.17) is 5.73 Å². The van der Waals surface area contributed by atoms with Crippen molar-refractivity contribution in [3.63, 3.8) is 0 Å². The molecule has 0 aromatic carbocycles. The number of aromatic amines is 1. The molecule has 0 bridgehead atoms. The van der Waals surface area contributed by atoms with E-state index in [9.17, 15) is 0 Å². The Bertz CT molecular complexity index is 401. The molecule has 0 aliphatic heterocycles. The fourth-order valence-electron chi connectivity index (χ4n) is 1.07. The highest BCUT2D eigenvalue weighted by atomic mass is 15.2. The first-order chi connectivity index (χ1) is 6.31. The number of rotatable bonds is 2. The second-order valence-corrected chi connectivity index (χ2v) is 2.67. The predicted molar refractivity (Wildman–Crippen MR) is 46.5 cm³/mol. The molecular formula is C7H10N6. The summed E-state index contributed by atoms with van der Waals surface area (Å²) in [5, 5.41) is 6.72. The molecule has 0 aliphatic carbocycles. The second kappa shape index (κ2) is 2.98. The second-order valence-electron chi connectivity index (χ2n) is 2.67. The van der Waals surface area contributed by atoms with Gasteiger partial charge in [-0.3, -0.25) is 5.10 Å². The third kappa shape index (κ3) is 1.31. The van der Waals surface area contributed by atoms with Crippen molar-refractivity contribution in [2.24, 2.45) is 12.8 Å². The van der Waals surface area contributed by atoms with Gasteiger partial charge < -0.3 is 10.3 Å². The molecule has 0 fully saturated rings. The van der Waals surface area contributed by atoms with Crippen LogP contribution >= 0.6 is 0 Å². The van der Waals surface area contributed by atoms with E-state index < -0.39 is 0 Å². The maximum atomic E-state index is 5.39. The maximum Gasteiger partial charge on any atom is 0.217 e. The summed E-state index contributed by atoms with van der Waals surface area (Å²) in [4.78, 5) is 8.27. The van der Waals surface area contributed by atoms with Crippen LogP contribution in [0.15, 0.2) is 12.4 Å². The summed E-state index contributed by atoms with van der Waals surface area (Å²) >= 11 is 0. The van der Waals surface area contributed by atoms with Crippen LogP contribution in [0.4, 0.5) is 0 Å². The van der Waals surface area contributed by atoms with Crippen LogP contribution in [0.3, 0.4) is 0 Å². The van der Waals surface area contributed by atoms with E-state index in [1.54, 1.807) is 6.20 Å². The highest BCUT2D eigenvalue weighted by Gasteiger charge is 2.08. The molecule has 0 spiro atoms. The molecule has 2 aromatic heterocycles. The number of imidazole rings is 1. The topological polar surface area (TPSA) is 85.4 Å². The molecular weight excluding hydrogens is 168 g/mol. The van der Waals surface area contributed by atoms with Gasteiger partial charge in [-0.05, 0) is 0 Å². The van der Waals surface area contributed by atoms with Crippen LogP contribution in [0.25, 0.3) is 11.6 Å². The molecule has 2 aromatic rings. The quantitative estimate of drug-likeness (QED) is 0.659. The summed E-state index contributed by atoms with van der Waals surface area (Å²) in [6.45, 7) is 0.359. The largest absolute Gasteiger partial charge is 0.331 e. The molecule has 0 aliphatic rings. The van der Waals surface area contributed by atoms with Crippen molar-refractivity contribution < 1.29 is 0 Å². The van der Waals surface area contributed by atoms with Crippen LogP contribution in [0.2, 0.25) is 0 Å². The van der Waals surface area contributed by atoms with Crippen molar-refractivity contribution in [3.8, 4) is 11.6 Å². The number of hydrogen-bond acceptors (Lipinski definition) is 4. The minimum Gasteiger partial charge on any atom is -0.331 e. The highest BCUT2D eigenvalue weighted by Crippen LogP contribution is 2.09. The molecule has 13 heavy (non-hydrogen) atoms. The molecule has 3 N–H and O–H groups in total. The average molecular weight is 178 g/mol. The Balaban J connectivity index is 2.41. The summed E-state index contributed by atoms with van der Waals surface area (Å²) in [6, 6.07) is 0. The predicted octanol–water partition coefficient (Wildman–Crippen LogP) is -0.336. The molecule has 0 saturated carbocycles. The molecule has 0 amide bonds. The Morgan fingerprint density at radius 3 is 3.00 bits per heavy atom. The van der Waals surface area contributed by atoms with Gasteiger partial charge >= 0.3 is 0 Å².